The van der Waals surface area contributed by atoms with Crippen LogP contribution in [-0.4, -0.2) is 41.8 Å². The molecule has 33 heavy (non-hydrogen) atoms. The fourth-order valence-electron chi connectivity index (χ4n) is 10.6. The molecule has 8 atom stereocenters. The van der Waals surface area contributed by atoms with Gasteiger partial charge in [-0.2, -0.15) is 0 Å². The van der Waals surface area contributed by atoms with Crippen LogP contribution in [-0.2, 0) is 20.4 Å². The van der Waals surface area contributed by atoms with Gasteiger partial charge in [0.2, 0.25) is 0 Å². The molecule has 4 fully saturated rings. The van der Waals surface area contributed by atoms with E-state index in [0.717, 1.165) is 5.56 Å². The molecule has 8 rings (SSSR count). The molecule has 2 aliphatic heterocycles. The standard InChI is InChI=1S/C28H28N2O3/c1-5-33-23(32)30-16-29-21-24(2)19-20(30)26(4)22(31)25(19,3)28(24,18-14-10-7-11-15-18)27(21,26)17-12-8-6-9-13-17/h6-16,19-21H,5H2,1-4H3. The number of rotatable bonds is 3. The smallest absolute Gasteiger partial charge is 0.415 e. The van der Waals surface area contributed by atoms with Crippen LogP contribution in [0.2, 0.25) is 0 Å². The lowest BCUT2D eigenvalue weighted by Gasteiger charge is -2.90. The summed E-state index contributed by atoms with van der Waals surface area (Å²) in [6, 6.07) is 20.7. The molecule has 2 aromatic carbocycles. The molecule has 0 saturated heterocycles. The first-order valence-electron chi connectivity index (χ1n) is 12.0. The molecule has 2 heterocycles. The number of ketones is 1. The van der Waals surface area contributed by atoms with E-state index in [4.69, 9.17) is 9.73 Å². The number of hydrogen-bond donors (Lipinski definition) is 0. The predicted molar refractivity (Wildman–Crippen MR) is 124 cm³/mol. The van der Waals surface area contributed by atoms with Crippen LogP contribution >= 0.6 is 0 Å². The summed E-state index contributed by atoms with van der Waals surface area (Å²) in [7, 11) is 0. The Morgan fingerprint density at radius 2 is 1.58 bits per heavy atom. The third kappa shape index (κ3) is 1.40. The number of carbonyl (C=O) groups is 2. The molecule has 4 saturated carbocycles. The maximum Gasteiger partial charge on any atom is 0.415 e. The molecule has 0 spiro atoms. The van der Waals surface area contributed by atoms with Gasteiger partial charge in [0.05, 0.1) is 30.4 Å². The summed E-state index contributed by atoms with van der Waals surface area (Å²) in [5.41, 5.74) is -0.0887. The minimum absolute atomic E-state index is 0.0326. The van der Waals surface area contributed by atoms with Gasteiger partial charge >= 0.3 is 6.09 Å². The van der Waals surface area contributed by atoms with Gasteiger partial charge in [0, 0.05) is 27.6 Å². The minimum Gasteiger partial charge on any atom is -0.449 e. The van der Waals surface area contributed by atoms with Gasteiger partial charge in [0.1, 0.15) is 5.78 Å². The van der Waals surface area contributed by atoms with Gasteiger partial charge in [0.15, 0.2) is 0 Å². The zero-order valence-electron chi connectivity index (χ0n) is 19.4. The Bertz CT molecular complexity index is 1260. The van der Waals surface area contributed by atoms with Gasteiger partial charge in [-0.3, -0.25) is 14.7 Å². The van der Waals surface area contributed by atoms with Crippen LogP contribution in [0.1, 0.15) is 38.8 Å². The van der Waals surface area contributed by atoms with Crippen LogP contribution in [0.3, 0.4) is 0 Å². The lowest BCUT2D eigenvalue weighted by Crippen LogP contribution is -2.97. The van der Waals surface area contributed by atoms with E-state index in [9.17, 15) is 9.59 Å². The molecule has 8 unspecified atom stereocenters. The number of Topliss-reactive ketones (excluding diaryl/α,β-unsaturated/α-hetero) is 1. The van der Waals surface area contributed by atoms with Crippen LogP contribution < -0.4 is 0 Å². The molecule has 0 aromatic heterocycles. The average molecular weight is 441 g/mol. The minimum atomic E-state index is -0.769. The molecule has 5 nitrogen and oxygen atoms in total. The fourth-order valence-corrected chi connectivity index (χ4v) is 10.6. The Morgan fingerprint density at radius 3 is 2.18 bits per heavy atom. The second kappa shape index (κ2) is 5.40. The van der Waals surface area contributed by atoms with Crippen LogP contribution in [0.5, 0.6) is 0 Å². The van der Waals surface area contributed by atoms with Crippen molar-refractivity contribution in [2.45, 2.75) is 50.6 Å². The molecule has 1 amide bonds. The van der Waals surface area contributed by atoms with Crippen molar-refractivity contribution in [2.24, 2.45) is 27.2 Å². The van der Waals surface area contributed by atoms with Crippen molar-refractivity contribution in [2.75, 3.05) is 6.61 Å². The summed E-state index contributed by atoms with van der Waals surface area (Å²) in [6.07, 6.45) is 1.29. The summed E-state index contributed by atoms with van der Waals surface area (Å²) in [5.74, 6) is 0.308. The Balaban J connectivity index is 1.60. The molecule has 168 valence electrons. The quantitative estimate of drug-likeness (QED) is 0.713. The topological polar surface area (TPSA) is 59.0 Å². The van der Waals surface area contributed by atoms with Gasteiger partial charge in [-0.25, -0.2) is 4.79 Å². The van der Waals surface area contributed by atoms with Gasteiger partial charge < -0.3 is 4.74 Å². The third-order valence-electron chi connectivity index (χ3n) is 10.6. The highest BCUT2D eigenvalue weighted by Gasteiger charge is 3.09. The summed E-state index contributed by atoms with van der Waals surface area (Å²) in [4.78, 5) is 34.5. The predicted octanol–water partition coefficient (Wildman–Crippen LogP) is 4.36. The fraction of sp³-hybridized carbons (Fsp3) is 0.464. The van der Waals surface area contributed by atoms with E-state index in [-0.39, 0.29) is 34.6 Å². The molecule has 4 bridgehead atoms. The molecular weight excluding hydrogens is 412 g/mol. The van der Waals surface area contributed by atoms with Crippen molar-refractivity contribution in [3.8, 4) is 0 Å². The number of carbonyl (C=O) groups excluding carboxylic acids is 2. The van der Waals surface area contributed by atoms with Crippen LogP contribution in [0.15, 0.2) is 65.7 Å². The van der Waals surface area contributed by atoms with E-state index < -0.39 is 22.3 Å². The van der Waals surface area contributed by atoms with Crippen molar-refractivity contribution in [3.63, 3.8) is 0 Å². The van der Waals surface area contributed by atoms with E-state index in [2.05, 4.69) is 69.3 Å². The Kier molecular flexibility index (Phi) is 3.19. The van der Waals surface area contributed by atoms with Crippen LogP contribution in [0.4, 0.5) is 4.79 Å². The Labute approximate surface area is 193 Å². The molecule has 5 heteroatoms. The largest absolute Gasteiger partial charge is 0.449 e. The zero-order valence-corrected chi connectivity index (χ0v) is 19.4. The second-order valence-electron chi connectivity index (χ2n) is 11.0. The Morgan fingerprint density at radius 1 is 0.970 bits per heavy atom. The monoisotopic (exact) mass is 440 g/mol. The molecular formula is C28H28N2O3. The van der Waals surface area contributed by atoms with Crippen LogP contribution in [0, 0.1) is 22.2 Å². The van der Waals surface area contributed by atoms with Crippen LogP contribution in [0.25, 0.3) is 0 Å². The maximum atomic E-state index is 14.6. The van der Waals surface area contributed by atoms with Crippen molar-refractivity contribution < 1.29 is 14.3 Å². The first-order valence-corrected chi connectivity index (χ1v) is 12.0. The number of nitrogens with zero attached hydrogens (tertiary/aromatic N) is 2. The third-order valence-corrected chi connectivity index (χ3v) is 10.6. The summed E-state index contributed by atoms with van der Waals surface area (Å²) in [6.45, 7) is 8.70. The molecule has 0 radical (unpaired) electrons. The zero-order chi connectivity index (χ0) is 23.0. The molecule has 0 N–H and O–H groups in total. The molecule has 4 aliphatic carbocycles. The number of amides is 1. The highest BCUT2D eigenvalue weighted by atomic mass is 16.6. The SMILES string of the molecule is CCOC(=O)N1C=NC2C3(C)C4C1C1(C)C(=O)C4(C)C3(c3ccccc3)C21c1ccccc1. The highest BCUT2D eigenvalue weighted by Crippen LogP contribution is 3.01. The summed E-state index contributed by atoms with van der Waals surface area (Å²) in [5, 5.41) is 0. The first-order chi connectivity index (χ1) is 15.8. The number of aliphatic imine (C=N–C) groups is 1. The Hall–Kier alpha value is -2.95. The molecule has 6 aliphatic rings. The lowest BCUT2D eigenvalue weighted by atomic mass is 9.11. The number of benzene rings is 2. The van der Waals surface area contributed by atoms with E-state index in [1.54, 1.807) is 11.2 Å². The number of hydrogen-bond acceptors (Lipinski definition) is 4. The van der Waals surface area contributed by atoms with Gasteiger partial charge in [-0.15, -0.1) is 0 Å². The van der Waals surface area contributed by atoms with Gasteiger partial charge in [-0.1, -0.05) is 74.5 Å². The number of fused-ring (bicyclic) bond motifs is 1. The molecule has 2 aromatic rings. The van der Waals surface area contributed by atoms with Gasteiger partial charge in [-0.05, 0) is 25.0 Å². The summed E-state index contributed by atoms with van der Waals surface area (Å²) < 4.78 is 5.45. The number of ether oxygens (including phenoxy) is 1. The second-order valence-corrected chi connectivity index (χ2v) is 11.0. The average Bonchev–Trinajstić information content (AvgIpc) is 2.92. The van der Waals surface area contributed by atoms with Crippen molar-refractivity contribution >= 4 is 18.2 Å². The van der Waals surface area contributed by atoms with Crippen molar-refractivity contribution in [1.29, 1.82) is 0 Å². The first kappa shape index (κ1) is 19.5. The van der Waals surface area contributed by atoms with Gasteiger partial charge in [0.25, 0.3) is 0 Å². The van der Waals surface area contributed by atoms with Crippen molar-refractivity contribution in [1.82, 2.24) is 4.90 Å². The van der Waals surface area contributed by atoms with E-state index >= 15 is 0 Å². The van der Waals surface area contributed by atoms with E-state index in [0.29, 0.717) is 6.61 Å². The normalized spacial score (nSPS) is 47.2. The van der Waals surface area contributed by atoms with Crippen molar-refractivity contribution in [3.05, 3.63) is 71.8 Å². The maximum absolute atomic E-state index is 14.6. The highest BCUT2D eigenvalue weighted by molar-refractivity contribution is 6.08. The van der Waals surface area contributed by atoms with E-state index in [1.807, 2.05) is 19.1 Å². The van der Waals surface area contributed by atoms with E-state index in [1.165, 1.54) is 5.56 Å². The lowest BCUT2D eigenvalue weighted by molar-refractivity contribution is -0.359. The summed E-state index contributed by atoms with van der Waals surface area (Å²) >= 11 is 0.